The van der Waals surface area contributed by atoms with Crippen LogP contribution in [-0.4, -0.2) is 29.1 Å². The summed E-state index contributed by atoms with van der Waals surface area (Å²) < 4.78 is 46.7. The number of hydrogen-bond acceptors (Lipinski definition) is 6. The summed E-state index contributed by atoms with van der Waals surface area (Å²) in [4.78, 5) is 43.5. The second kappa shape index (κ2) is 10.2. The Morgan fingerprint density at radius 3 is 1.81 bits per heavy atom. The molecule has 0 aliphatic rings. The zero-order valence-electron chi connectivity index (χ0n) is 18.8. The largest absolute Gasteiger partial charge is 0.462 e. The lowest BCUT2D eigenvalue weighted by Crippen LogP contribution is -2.15. The van der Waals surface area contributed by atoms with E-state index in [0.29, 0.717) is 0 Å². The Hall–Kier alpha value is -4.11. The van der Waals surface area contributed by atoms with Crippen LogP contribution in [0.1, 0.15) is 54.0 Å². The molecule has 36 heavy (non-hydrogen) atoms. The van der Waals surface area contributed by atoms with E-state index >= 15 is 0 Å². The molecule has 1 heterocycles. The standard InChI is InChI=1S/C27H18F3NO4S/c1-2-35-26(34)21-15-31-25(36-21)22-19(23(32)16-9-5-3-6-10-16)13-18(27(28,29)30)14-20(22)24(33)17-11-7-4-8-12-17/h3-15H,2H2,1H3. The molecule has 0 saturated heterocycles. The van der Waals surface area contributed by atoms with Gasteiger partial charge in [-0.1, -0.05) is 60.7 Å². The number of carbonyl (C=O) groups excluding carboxylic acids is 3. The molecule has 0 saturated carbocycles. The first-order valence-electron chi connectivity index (χ1n) is 10.8. The Bertz CT molecular complexity index is 1360. The van der Waals surface area contributed by atoms with Crippen molar-refractivity contribution in [2.24, 2.45) is 0 Å². The van der Waals surface area contributed by atoms with Gasteiger partial charge in [-0.3, -0.25) is 9.59 Å². The minimum atomic E-state index is -4.82. The Balaban J connectivity index is 2.02. The van der Waals surface area contributed by atoms with Crippen LogP contribution < -0.4 is 0 Å². The topological polar surface area (TPSA) is 73.3 Å². The van der Waals surface area contributed by atoms with Gasteiger partial charge in [0, 0.05) is 27.8 Å². The quantitative estimate of drug-likeness (QED) is 0.211. The number of halogens is 3. The van der Waals surface area contributed by atoms with E-state index in [-0.39, 0.29) is 44.3 Å². The molecule has 0 fully saturated rings. The molecule has 0 spiro atoms. The van der Waals surface area contributed by atoms with Gasteiger partial charge in [0.15, 0.2) is 11.6 Å². The van der Waals surface area contributed by atoms with Crippen LogP contribution in [0.15, 0.2) is 79.0 Å². The number of rotatable bonds is 7. The van der Waals surface area contributed by atoms with Crippen LogP contribution in [0.3, 0.4) is 0 Å². The number of benzene rings is 3. The normalized spacial score (nSPS) is 11.2. The van der Waals surface area contributed by atoms with Crippen molar-refractivity contribution in [1.82, 2.24) is 4.98 Å². The highest BCUT2D eigenvalue weighted by atomic mass is 32.1. The van der Waals surface area contributed by atoms with E-state index in [1.807, 2.05) is 0 Å². The van der Waals surface area contributed by atoms with Crippen LogP contribution in [0, 0.1) is 0 Å². The Kier molecular flexibility index (Phi) is 7.12. The Morgan fingerprint density at radius 1 is 0.861 bits per heavy atom. The van der Waals surface area contributed by atoms with Crippen LogP contribution in [0.5, 0.6) is 0 Å². The van der Waals surface area contributed by atoms with Gasteiger partial charge in [0.05, 0.1) is 18.4 Å². The van der Waals surface area contributed by atoms with Crippen LogP contribution in [0.4, 0.5) is 13.2 Å². The molecule has 0 bridgehead atoms. The summed E-state index contributed by atoms with van der Waals surface area (Å²) >= 11 is 0.830. The molecule has 0 unspecified atom stereocenters. The highest BCUT2D eigenvalue weighted by Gasteiger charge is 2.35. The van der Waals surface area contributed by atoms with Crippen molar-refractivity contribution in [3.63, 3.8) is 0 Å². The molecule has 4 rings (SSSR count). The number of esters is 1. The number of alkyl halides is 3. The lowest BCUT2D eigenvalue weighted by atomic mass is 9.89. The molecule has 0 amide bonds. The average Bonchev–Trinajstić information content (AvgIpc) is 3.38. The predicted octanol–water partition coefficient (Wildman–Crippen LogP) is 6.47. The van der Waals surface area contributed by atoms with Gasteiger partial charge in [-0.2, -0.15) is 13.2 Å². The predicted molar refractivity (Wildman–Crippen MR) is 128 cm³/mol. The molecule has 0 atom stereocenters. The van der Waals surface area contributed by atoms with Crippen molar-refractivity contribution in [2.75, 3.05) is 6.61 Å². The molecule has 0 N–H and O–H groups in total. The van der Waals surface area contributed by atoms with E-state index in [0.717, 1.165) is 23.5 Å². The van der Waals surface area contributed by atoms with Gasteiger partial charge in [-0.05, 0) is 19.1 Å². The van der Waals surface area contributed by atoms with Crippen LogP contribution in [-0.2, 0) is 10.9 Å². The number of ketones is 2. The van der Waals surface area contributed by atoms with E-state index in [4.69, 9.17) is 4.74 Å². The van der Waals surface area contributed by atoms with Crippen molar-refractivity contribution in [3.05, 3.63) is 112 Å². The van der Waals surface area contributed by atoms with Gasteiger partial charge in [0.25, 0.3) is 0 Å². The third-order valence-electron chi connectivity index (χ3n) is 5.22. The number of ether oxygens (including phenoxy) is 1. The van der Waals surface area contributed by atoms with Gasteiger partial charge in [0.2, 0.25) is 0 Å². The lowest BCUT2D eigenvalue weighted by molar-refractivity contribution is -0.137. The fraction of sp³-hybridized carbons (Fsp3) is 0.111. The maximum Gasteiger partial charge on any atom is 0.416 e. The first kappa shape index (κ1) is 25.0. The molecule has 0 radical (unpaired) electrons. The van der Waals surface area contributed by atoms with Crippen molar-refractivity contribution < 1.29 is 32.3 Å². The zero-order chi connectivity index (χ0) is 25.9. The monoisotopic (exact) mass is 509 g/mol. The molecule has 3 aromatic carbocycles. The first-order valence-corrected chi connectivity index (χ1v) is 11.6. The first-order chi connectivity index (χ1) is 17.2. The Morgan fingerprint density at radius 2 is 1.36 bits per heavy atom. The molecular weight excluding hydrogens is 491 g/mol. The molecule has 1 aromatic heterocycles. The van der Waals surface area contributed by atoms with Crippen molar-refractivity contribution in [2.45, 2.75) is 13.1 Å². The van der Waals surface area contributed by atoms with Crippen LogP contribution >= 0.6 is 11.3 Å². The van der Waals surface area contributed by atoms with Gasteiger partial charge < -0.3 is 4.74 Å². The molecule has 0 aliphatic heterocycles. The summed E-state index contributed by atoms with van der Waals surface area (Å²) in [7, 11) is 0. The Labute approximate surface area is 208 Å². The second-order valence-corrected chi connectivity index (χ2v) is 8.62. The summed E-state index contributed by atoms with van der Waals surface area (Å²) in [6.07, 6.45) is -3.61. The van der Waals surface area contributed by atoms with Crippen LogP contribution in [0.2, 0.25) is 0 Å². The lowest BCUT2D eigenvalue weighted by Gasteiger charge is -2.16. The maximum absolute atomic E-state index is 13.9. The van der Waals surface area contributed by atoms with Crippen molar-refractivity contribution >= 4 is 28.9 Å². The van der Waals surface area contributed by atoms with Crippen molar-refractivity contribution in [3.8, 4) is 10.6 Å². The molecule has 4 aromatic rings. The SMILES string of the molecule is CCOC(=O)c1cnc(-c2c(C(=O)c3ccccc3)cc(C(F)(F)F)cc2C(=O)c2ccccc2)s1. The highest BCUT2D eigenvalue weighted by Crippen LogP contribution is 2.39. The molecular formula is C27H18F3NO4S. The number of aromatic nitrogens is 1. The fourth-order valence-corrected chi connectivity index (χ4v) is 4.45. The summed E-state index contributed by atoms with van der Waals surface area (Å²) in [6.45, 7) is 1.74. The minimum Gasteiger partial charge on any atom is -0.462 e. The summed E-state index contributed by atoms with van der Waals surface area (Å²) in [5, 5.41) is 0.0466. The molecule has 5 nitrogen and oxygen atoms in total. The van der Waals surface area contributed by atoms with Crippen LogP contribution in [0.25, 0.3) is 10.6 Å². The number of hydrogen-bond donors (Lipinski definition) is 0. The number of nitrogens with zero attached hydrogens (tertiary/aromatic N) is 1. The molecule has 182 valence electrons. The average molecular weight is 510 g/mol. The van der Waals surface area contributed by atoms with E-state index in [1.54, 1.807) is 43.3 Å². The van der Waals surface area contributed by atoms with Gasteiger partial charge in [-0.15, -0.1) is 11.3 Å². The molecule has 0 aliphatic carbocycles. The second-order valence-electron chi connectivity index (χ2n) is 7.58. The van der Waals surface area contributed by atoms with Crippen molar-refractivity contribution in [1.29, 1.82) is 0 Å². The van der Waals surface area contributed by atoms with Gasteiger partial charge >= 0.3 is 12.1 Å². The third kappa shape index (κ3) is 5.11. The number of carbonyl (C=O) groups is 3. The fourth-order valence-electron chi connectivity index (χ4n) is 3.57. The van der Waals surface area contributed by atoms with E-state index < -0.39 is 29.3 Å². The minimum absolute atomic E-state index is 0.0466. The van der Waals surface area contributed by atoms with Gasteiger partial charge in [0.1, 0.15) is 9.88 Å². The van der Waals surface area contributed by atoms with E-state index in [2.05, 4.69) is 4.98 Å². The van der Waals surface area contributed by atoms with E-state index in [9.17, 15) is 27.6 Å². The maximum atomic E-state index is 13.9. The zero-order valence-corrected chi connectivity index (χ0v) is 19.7. The van der Waals surface area contributed by atoms with Gasteiger partial charge in [-0.25, -0.2) is 9.78 Å². The summed E-state index contributed by atoms with van der Waals surface area (Å²) in [5.41, 5.74) is -1.64. The highest BCUT2D eigenvalue weighted by molar-refractivity contribution is 7.16. The molecule has 9 heteroatoms. The summed E-state index contributed by atoms with van der Waals surface area (Å²) in [6, 6.07) is 17.0. The smallest absolute Gasteiger partial charge is 0.416 e. The number of thiazole rings is 1. The summed E-state index contributed by atoms with van der Waals surface area (Å²) in [5.74, 6) is -2.10. The van der Waals surface area contributed by atoms with E-state index in [1.165, 1.54) is 30.5 Å². The third-order valence-corrected chi connectivity index (χ3v) is 6.22.